The van der Waals surface area contributed by atoms with Crippen molar-refractivity contribution in [2.45, 2.75) is 19.4 Å². The molecular weight excluding hydrogens is 264 g/mol. The number of nitrogens with zero attached hydrogens (tertiary/aromatic N) is 2. The van der Waals surface area contributed by atoms with Gasteiger partial charge in [-0.1, -0.05) is 6.92 Å². The SMILES string of the molecule is CC1CN(C)CCC1Nc1ccc(C(=O)N(C)C)cc1N. The average Bonchev–Trinajstić information content (AvgIpc) is 2.42. The molecule has 21 heavy (non-hydrogen) atoms. The van der Waals surface area contributed by atoms with E-state index in [9.17, 15) is 4.79 Å². The molecule has 1 aliphatic heterocycles. The smallest absolute Gasteiger partial charge is 0.253 e. The Morgan fingerprint density at radius 2 is 2.14 bits per heavy atom. The monoisotopic (exact) mass is 290 g/mol. The zero-order valence-corrected chi connectivity index (χ0v) is 13.4. The number of piperidine rings is 1. The molecule has 0 spiro atoms. The third-order valence-electron chi connectivity index (χ3n) is 4.15. The van der Waals surface area contributed by atoms with Crippen molar-refractivity contribution in [2.24, 2.45) is 5.92 Å². The van der Waals surface area contributed by atoms with Crippen molar-refractivity contribution in [1.29, 1.82) is 0 Å². The first-order chi connectivity index (χ1) is 9.88. The predicted molar refractivity (Wildman–Crippen MR) is 87.6 cm³/mol. The van der Waals surface area contributed by atoms with Gasteiger partial charge in [0.2, 0.25) is 0 Å². The van der Waals surface area contributed by atoms with E-state index in [1.807, 2.05) is 12.1 Å². The lowest BCUT2D eigenvalue weighted by atomic mass is 9.94. The summed E-state index contributed by atoms with van der Waals surface area (Å²) >= 11 is 0. The zero-order chi connectivity index (χ0) is 15.6. The first kappa shape index (κ1) is 15.6. The molecule has 5 heteroatoms. The van der Waals surface area contributed by atoms with Gasteiger partial charge in [0.15, 0.2) is 0 Å². The minimum absolute atomic E-state index is 0.0269. The molecule has 116 valence electrons. The van der Waals surface area contributed by atoms with Crippen molar-refractivity contribution in [3.8, 4) is 0 Å². The predicted octanol–water partition coefficient (Wildman–Crippen LogP) is 1.72. The number of nitrogens with one attached hydrogen (secondary N) is 1. The Morgan fingerprint density at radius 3 is 2.71 bits per heavy atom. The van der Waals surface area contributed by atoms with Gasteiger partial charge in [-0.2, -0.15) is 0 Å². The van der Waals surface area contributed by atoms with E-state index < -0.39 is 0 Å². The van der Waals surface area contributed by atoms with Crippen LogP contribution < -0.4 is 11.1 Å². The number of benzene rings is 1. The molecular formula is C16H26N4O. The summed E-state index contributed by atoms with van der Waals surface area (Å²) in [5, 5.41) is 3.54. The van der Waals surface area contributed by atoms with E-state index in [0.717, 1.165) is 25.2 Å². The van der Waals surface area contributed by atoms with E-state index in [0.29, 0.717) is 23.2 Å². The second-order valence-corrected chi connectivity index (χ2v) is 6.28. The molecule has 1 aromatic carbocycles. The lowest BCUT2D eigenvalue weighted by Crippen LogP contribution is -2.43. The number of nitrogen functional groups attached to an aromatic ring is 1. The fourth-order valence-electron chi connectivity index (χ4n) is 2.85. The van der Waals surface area contributed by atoms with Gasteiger partial charge in [0.05, 0.1) is 11.4 Å². The second kappa shape index (κ2) is 6.35. The number of rotatable bonds is 3. The number of carbonyl (C=O) groups excluding carboxylic acids is 1. The molecule has 0 aromatic heterocycles. The number of carbonyl (C=O) groups is 1. The fourth-order valence-corrected chi connectivity index (χ4v) is 2.85. The zero-order valence-electron chi connectivity index (χ0n) is 13.4. The van der Waals surface area contributed by atoms with Crippen LogP contribution in [-0.4, -0.2) is 56.0 Å². The molecule has 0 aliphatic carbocycles. The molecule has 1 saturated heterocycles. The third-order valence-corrected chi connectivity index (χ3v) is 4.15. The molecule has 0 saturated carbocycles. The summed E-state index contributed by atoms with van der Waals surface area (Å²) in [6.07, 6.45) is 1.11. The van der Waals surface area contributed by atoms with E-state index in [4.69, 9.17) is 5.73 Å². The van der Waals surface area contributed by atoms with Crippen molar-refractivity contribution in [2.75, 3.05) is 45.3 Å². The van der Waals surface area contributed by atoms with Gasteiger partial charge < -0.3 is 20.9 Å². The molecule has 1 amide bonds. The minimum Gasteiger partial charge on any atom is -0.397 e. The van der Waals surface area contributed by atoms with Crippen LogP contribution in [0.15, 0.2) is 18.2 Å². The van der Waals surface area contributed by atoms with Crippen molar-refractivity contribution in [3.05, 3.63) is 23.8 Å². The maximum Gasteiger partial charge on any atom is 0.253 e. The first-order valence-electron chi connectivity index (χ1n) is 7.44. The molecule has 3 N–H and O–H groups in total. The normalized spacial score (nSPS) is 22.9. The number of nitrogens with two attached hydrogens (primary N) is 1. The van der Waals surface area contributed by atoms with Crippen molar-refractivity contribution < 1.29 is 4.79 Å². The number of amides is 1. The second-order valence-electron chi connectivity index (χ2n) is 6.28. The van der Waals surface area contributed by atoms with Crippen molar-refractivity contribution >= 4 is 17.3 Å². The summed E-state index contributed by atoms with van der Waals surface area (Å²) in [6.45, 7) is 4.45. The Bertz CT molecular complexity index is 515. The van der Waals surface area contributed by atoms with Gasteiger partial charge in [-0.05, 0) is 44.1 Å². The Kier molecular flexibility index (Phi) is 4.73. The lowest BCUT2D eigenvalue weighted by molar-refractivity contribution is 0.0827. The van der Waals surface area contributed by atoms with Crippen LogP contribution in [0.2, 0.25) is 0 Å². The number of likely N-dealkylation sites (tertiary alicyclic amines) is 1. The van der Waals surface area contributed by atoms with Crippen LogP contribution in [0.5, 0.6) is 0 Å². The highest BCUT2D eigenvalue weighted by Crippen LogP contribution is 2.25. The maximum absolute atomic E-state index is 11.9. The van der Waals surface area contributed by atoms with Crippen LogP contribution in [-0.2, 0) is 0 Å². The van der Waals surface area contributed by atoms with Crippen LogP contribution in [0.25, 0.3) is 0 Å². The quantitative estimate of drug-likeness (QED) is 0.832. The van der Waals surface area contributed by atoms with Gasteiger partial charge in [-0.3, -0.25) is 4.79 Å². The van der Waals surface area contributed by atoms with Crippen LogP contribution >= 0.6 is 0 Å². The largest absolute Gasteiger partial charge is 0.397 e. The molecule has 1 heterocycles. The van der Waals surface area contributed by atoms with E-state index in [1.165, 1.54) is 0 Å². The molecule has 1 aromatic rings. The molecule has 1 aliphatic rings. The number of hydrogen-bond donors (Lipinski definition) is 2. The van der Waals surface area contributed by atoms with Gasteiger partial charge in [0, 0.05) is 32.2 Å². The topological polar surface area (TPSA) is 61.6 Å². The van der Waals surface area contributed by atoms with Crippen LogP contribution in [0.4, 0.5) is 11.4 Å². The van der Waals surface area contributed by atoms with E-state index in [1.54, 1.807) is 25.1 Å². The Balaban J connectivity index is 2.09. The molecule has 1 fully saturated rings. The van der Waals surface area contributed by atoms with Crippen molar-refractivity contribution in [1.82, 2.24) is 9.80 Å². The first-order valence-corrected chi connectivity index (χ1v) is 7.44. The fraction of sp³-hybridized carbons (Fsp3) is 0.562. The minimum atomic E-state index is -0.0269. The molecule has 2 atom stereocenters. The number of anilines is 2. The van der Waals surface area contributed by atoms with Crippen LogP contribution in [0.1, 0.15) is 23.7 Å². The van der Waals surface area contributed by atoms with Gasteiger partial charge in [-0.15, -0.1) is 0 Å². The van der Waals surface area contributed by atoms with E-state index >= 15 is 0 Å². The summed E-state index contributed by atoms with van der Waals surface area (Å²) < 4.78 is 0. The molecule has 5 nitrogen and oxygen atoms in total. The molecule has 0 radical (unpaired) electrons. The molecule has 2 unspecified atom stereocenters. The standard InChI is InChI=1S/C16H26N4O/c1-11-10-20(4)8-7-14(11)18-15-6-5-12(9-13(15)17)16(21)19(2)3/h5-6,9,11,14,18H,7-8,10,17H2,1-4H3. The van der Waals surface area contributed by atoms with Crippen molar-refractivity contribution in [3.63, 3.8) is 0 Å². The highest BCUT2D eigenvalue weighted by molar-refractivity contribution is 5.95. The summed E-state index contributed by atoms with van der Waals surface area (Å²) in [7, 11) is 5.64. The van der Waals surface area contributed by atoms with Gasteiger partial charge >= 0.3 is 0 Å². The molecule has 0 bridgehead atoms. The summed E-state index contributed by atoms with van der Waals surface area (Å²) in [4.78, 5) is 15.8. The highest BCUT2D eigenvalue weighted by Gasteiger charge is 2.24. The summed E-state index contributed by atoms with van der Waals surface area (Å²) in [6, 6.07) is 5.93. The Hall–Kier alpha value is -1.75. The van der Waals surface area contributed by atoms with Crippen LogP contribution in [0.3, 0.4) is 0 Å². The van der Waals surface area contributed by atoms with Gasteiger partial charge in [0.25, 0.3) is 5.91 Å². The molecule has 2 rings (SSSR count). The third kappa shape index (κ3) is 3.67. The summed E-state index contributed by atoms with van der Waals surface area (Å²) in [5.41, 5.74) is 8.29. The highest BCUT2D eigenvalue weighted by atomic mass is 16.2. The summed E-state index contributed by atoms with van der Waals surface area (Å²) in [5.74, 6) is 0.548. The van der Waals surface area contributed by atoms with Gasteiger partial charge in [-0.25, -0.2) is 0 Å². The van der Waals surface area contributed by atoms with E-state index in [-0.39, 0.29) is 5.91 Å². The average molecular weight is 290 g/mol. The number of hydrogen-bond acceptors (Lipinski definition) is 4. The van der Waals surface area contributed by atoms with Gasteiger partial charge in [0.1, 0.15) is 0 Å². The van der Waals surface area contributed by atoms with E-state index in [2.05, 4.69) is 24.2 Å². The Labute approximate surface area is 127 Å². The van der Waals surface area contributed by atoms with Crippen LogP contribution in [0, 0.1) is 5.92 Å². The lowest BCUT2D eigenvalue weighted by Gasteiger charge is -2.36. The Morgan fingerprint density at radius 1 is 1.43 bits per heavy atom. The maximum atomic E-state index is 11.9.